The molecule has 0 amide bonds. The summed E-state index contributed by atoms with van der Waals surface area (Å²) in [5.74, 6) is -0.243. The normalized spacial score (nSPS) is 11.1. The van der Waals surface area contributed by atoms with Crippen molar-refractivity contribution in [3.05, 3.63) is 0 Å². The highest BCUT2D eigenvalue weighted by Gasteiger charge is 2.00. The fraction of sp³-hybridized carbons (Fsp3) is 0.947. The Kier molecular flexibility index (Phi) is 25.4. The summed E-state index contributed by atoms with van der Waals surface area (Å²) >= 11 is 3.29. The van der Waals surface area contributed by atoms with Gasteiger partial charge in [0.25, 0.3) is 0 Å². The lowest BCUT2D eigenvalue weighted by Crippen LogP contribution is -2.15. The third kappa shape index (κ3) is 25.6. The van der Waals surface area contributed by atoms with Gasteiger partial charge in [0.1, 0.15) is 0 Å². The second-order valence-electron chi connectivity index (χ2n) is 5.53. The van der Waals surface area contributed by atoms with Gasteiger partial charge in [-0.1, -0.05) is 15.9 Å². The van der Waals surface area contributed by atoms with Crippen LogP contribution in [0.3, 0.4) is 0 Å². The second-order valence-corrected chi connectivity index (χ2v) is 6.32. The highest BCUT2D eigenvalue weighted by Crippen LogP contribution is 1.89. The number of hydrogen-bond acceptors (Lipinski definition) is 9. The van der Waals surface area contributed by atoms with E-state index in [4.69, 9.17) is 37.9 Å². The summed E-state index contributed by atoms with van der Waals surface area (Å²) in [5.41, 5.74) is 0. The van der Waals surface area contributed by atoms with Crippen molar-refractivity contribution in [2.45, 2.75) is 13.3 Å². The molecular formula is C19H37BrO9. The van der Waals surface area contributed by atoms with Crippen molar-refractivity contribution >= 4 is 21.9 Å². The lowest BCUT2D eigenvalue weighted by atomic mass is 10.5. The maximum absolute atomic E-state index is 11.1. The van der Waals surface area contributed by atoms with Crippen LogP contribution in [0.5, 0.6) is 0 Å². The van der Waals surface area contributed by atoms with Gasteiger partial charge in [-0.05, 0) is 6.92 Å². The molecule has 0 aliphatic rings. The summed E-state index contributed by atoms with van der Waals surface area (Å²) < 4.78 is 42.2. The number of rotatable bonds is 24. The molecule has 0 aliphatic carbocycles. The molecule has 29 heavy (non-hydrogen) atoms. The van der Waals surface area contributed by atoms with Gasteiger partial charge in [0.05, 0.1) is 106 Å². The number of carbonyl (C=O) groups excluding carboxylic acids is 1. The SMILES string of the molecule is CCOC(=O)CCOCCOCCOCCOCCOCCOCCOCCBr. The molecule has 0 aromatic carbocycles. The molecule has 0 saturated heterocycles. The monoisotopic (exact) mass is 488 g/mol. The van der Waals surface area contributed by atoms with Gasteiger partial charge in [0.15, 0.2) is 0 Å². The maximum atomic E-state index is 11.1. The van der Waals surface area contributed by atoms with Crippen LogP contribution in [0.4, 0.5) is 0 Å². The summed E-state index contributed by atoms with van der Waals surface area (Å²) in [6.45, 7) is 9.47. The predicted octanol–water partition coefficient (Wildman–Crippen LogP) is 1.45. The van der Waals surface area contributed by atoms with E-state index in [1.807, 2.05) is 0 Å². The smallest absolute Gasteiger partial charge is 0.308 e. The quantitative estimate of drug-likeness (QED) is 0.114. The molecule has 0 fully saturated rings. The van der Waals surface area contributed by atoms with Crippen LogP contribution in [0.15, 0.2) is 0 Å². The Labute approximate surface area is 182 Å². The second kappa shape index (κ2) is 25.7. The van der Waals surface area contributed by atoms with Crippen LogP contribution in [-0.2, 0) is 42.7 Å². The first-order chi connectivity index (χ1) is 14.3. The van der Waals surface area contributed by atoms with E-state index in [-0.39, 0.29) is 12.4 Å². The number of alkyl halides is 1. The van der Waals surface area contributed by atoms with Gasteiger partial charge >= 0.3 is 5.97 Å². The van der Waals surface area contributed by atoms with Crippen LogP contribution in [0.1, 0.15) is 13.3 Å². The minimum absolute atomic E-state index is 0.243. The van der Waals surface area contributed by atoms with E-state index >= 15 is 0 Å². The van der Waals surface area contributed by atoms with Crippen molar-refractivity contribution in [3.63, 3.8) is 0 Å². The Balaban J connectivity index is 3.02. The van der Waals surface area contributed by atoms with Crippen LogP contribution in [0, 0.1) is 0 Å². The number of esters is 1. The Morgan fingerprint density at radius 3 is 1.17 bits per heavy atom. The molecule has 10 heteroatoms. The van der Waals surface area contributed by atoms with Crippen molar-refractivity contribution in [2.75, 3.05) is 104 Å². The van der Waals surface area contributed by atoms with E-state index in [1.54, 1.807) is 6.92 Å². The fourth-order valence-corrected chi connectivity index (χ4v) is 2.09. The van der Waals surface area contributed by atoms with Crippen molar-refractivity contribution in [3.8, 4) is 0 Å². The summed E-state index contributed by atoms with van der Waals surface area (Å²) in [6, 6.07) is 0. The molecule has 0 heterocycles. The van der Waals surface area contributed by atoms with E-state index in [1.165, 1.54) is 0 Å². The van der Waals surface area contributed by atoms with Crippen molar-refractivity contribution < 1.29 is 42.7 Å². The zero-order valence-corrected chi connectivity index (χ0v) is 19.2. The molecule has 9 nitrogen and oxygen atoms in total. The highest BCUT2D eigenvalue weighted by molar-refractivity contribution is 9.09. The third-order valence-electron chi connectivity index (χ3n) is 3.21. The molecule has 0 aromatic rings. The predicted molar refractivity (Wildman–Crippen MR) is 111 cm³/mol. The average Bonchev–Trinajstić information content (AvgIpc) is 2.72. The zero-order chi connectivity index (χ0) is 21.3. The summed E-state index contributed by atoms with van der Waals surface area (Å²) in [4.78, 5) is 11.1. The van der Waals surface area contributed by atoms with Gasteiger partial charge in [-0.2, -0.15) is 0 Å². The number of ether oxygens (including phenoxy) is 8. The van der Waals surface area contributed by atoms with E-state index in [2.05, 4.69) is 15.9 Å². The molecular weight excluding hydrogens is 452 g/mol. The Morgan fingerprint density at radius 1 is 0.552 bits per heavy atom. The minimum Gasteiger partial charge on any atom is -0.466 e. The van der Waals surface area contributed by atoms with Crippen LogP contribution < -0.4 is 0 Å². The summed E-state index contributed by atoms with van der Waals surface area (Å²) in [7, 11) is 0. The molecule has 0 rings (SSSR count). The van der Waals surface area contributed by atoms with Crippen LogP contribution in [0.25, 0.3) is 0 Å². The first-order valence-electron chi connectivity index (χ1n) is 10.1. The largest absolute Gasteiger partial charge is 0.466 e. The number of carbonyl (C=O) groups is 1. The van der Waals surface area contributed by atoms with Crippen LogP contribution >= 0.6 is 15.9 Å². The van der Waals surface area contributed by atoms with Gasteiger partial charge in [0, 0.05) is 5.33 Å². The van der Waals surface area contributed by atoms with E-state index in [0.29, 0.717) is 99.1 Å². The Hall–Kier alpha value is -0.330. The lowest BCUT2D eigenvalue weighted by Gasteiger charge is -2.08. The molecule has 0 saturated carbocycles. The third-order valence-corrected chi connectivity index (χ3v) is 3.53. The summed E-state index contributed by atoms with van der Waals surface area (Å²) in [5, 5.41) is 0.839. The molecule has 0 unspecified atom stereocenters. The van der Waals surface area contributed by atoms with Crippen LogP contribution in [-0.4, -0.2) is 110 Å². The van der Waals surface area contributed by atoms with Gasteiger partial charge in [0.2, 0.25) is 0 Å². The molecule has 0 radical (unpaired) electrons. The Bertz CT molecular complexity index is 335. The van der Waals surface area contributed by atoms with Gasteiger partial charge in [-0.15, -0.1) is 0 Å². The van der Waals surface area contributed by atoms with Crippen LogP contribution in [0.2, 0.25) is 0 Å². The van der Waals surface area contributed by atoms with Gasteiger partial charge in [-0.3, -0.25) is 4.79 Å². The molecule has 0 aliphatic heterocycles. The van der Waals surface area contributed by atoms with Crippen molar-refractivity contribution in [1.82, 2.24) is 0 Å². The van der Waals surface area contributed by atoms with Crippen molar-refractivity contribution in [2.24, 2.45) is 0 Å². The van der Waals surface area contributed by atoms with Gasteiger partial charge < -0.3 is 37.9 Å². The molecule has 0 atom stereocenters. The molecule has 174 valence electrons. The first-order valence-corrected chi connectivity index (χ1v) is 11.2. The maximum Gasteiger partial charge on any atom is 0.308 e. The standard InChI is InChI=1S/C19H37BrO9/c1-2-29-19(21)3-5-22-7-9-24-11-13-26-15-17-28-18-16-27-14-12-25-10-8-23-6-4-20/h2-18H2,1H3. The molecule has 0 N–H and O–H groups in total. The molecule has 0 aromatic heterocycles. The first kappa shape index (κ1) is 28.7. The van der Waals surface area contributed by atoms with E-state index in [0.717, 1.165) is 5.33 Å². The summed E-state index contributed by atoms with van der Waals surface area (Å²) in [6.07, 6.45) is 0.267. The average molecular weight is 489 g/mol. The number of halogens is 1. The fourth-order valence-electron chi connectivity index (χ4n) is 1.86. The molecule has 0 bridgehead atoms. The number of hydrogen-bond donors (Lipinski definition) is 0. The van der Waals surface area contributed by atoms with Crippen molar-refractivity contribution in [1.29, 1.82) is 0 Å². The topological polar surface area (TPSA) is 90.9 Å². The minimum atomic E-state index is -0.243. The highest BCUT2D eigenvalue weighted by atomic mass is 79.9. The van der Waals surface area contributed by atoms with E-state index < -0.39 is 0 Å². The van der Waals surface area contributed by atoms with Gasteiger partial charge in [-0.25, -0.2) is 0 Å². The molecule has 0 spiro atoms. The lowest BCUT2D eigenvalue weighted by molar-refractivity contribution is -0.144. The van der Waals surface area contributed by atoms with E-state index in [9.17, 15) is 4.79 Å². The Morgan fingerprint density at radius 2 is 0.862 bits per heavy atom. The zero-order valence-electron chi connectivity index (χ0n) is 17.6.